The number of benzene rings is 2. The van der Waals surface area contributed by atoms with E-state index in [4.69, 9.17) is 0 Å². The van der Waals surface area contributed by atoms with Crippen molar-refractivity contribution in [2.45, 2.75) is 11.7 Å². The molecule has 0 aromatic heterocycles. The average molecular weight is 360 g/mol. The van der Waals surface area contributed by atoms with Crippen molar-refractivity contribution in [1.82, 2.24) is 0 Å². The summed E-state index contributed by atoms with van der Waals surface area (Å²) in [5.41, 5.74) is 0.655. The first-order chi connectivity index (χ1) is 11.9. The lowest BCUT2D eigenvalue weighted by atomic mass is 10.2. The van der Waals surface area contributed by atoms with Gasteiger partial charge >= 0.3 is 0 Å². The molecule has 1 aliphatic heterocycles. The molecule has 6 nitrogen and oxygen atoms in total. The standard InChI is InChI=1S/C17H13FN2O4S/c18-10-4-6-12(7-5-10)20-16(23)14(25-17(20)24)9-15(22)19-11-2-1-3-13(21)8-11/h1-8,14,21H,9H2,(H,19,22). The zero-order valence-corrected chi connectivity index (χ0v) is 13.6. The smallest absolute Gasteiger partial charge is 0.293 e. The SMILES string of the molecule is O=C(CC1SC(=O)N(c2ccc(F)cc2)C1=O)Nc1cccc(O)c1. The Kier molecular flexibility index (Phi) is 4.71. The first-order valence-electron chi connectivity index (χ1n) is 7.33. The van der Waals surface area contributed by atoms with Crippen molar-refractivity contribution in [2.24, 2.45) is 0 Å². The molecule has 0 saturated carbocycles. The van der Waals surface area contributed by atoms with Crippen LogP contribution in [0, 0.1) is 5.82 Å². The van der Waals surface area contributed by atoms with E-state index in [1.807, 2.05) is 0 Å². The number of halogens is 1. The Bertz CT molecular complexity index is 841. The molecule has 128 valence electrons. The predicted octanol–water partition coefficient (Wildman–Crippen LogP) is 3.13. The number of aromatic hydroxyl groups is 1. The van der Waals surface area contributed by atoms with E-state index in [2.05, 4.69) is 5.32 Å². The number of hydrogen-bond donors (Lipinski definition) is 2. The second-order valence-corrected chi connectivity index (χ2v) is 6.48. The summed E-state index contributed by atoms with van der Waals surface area (Å²) < 4.78 is 13.0. The first kappa shape index (κ1) is 17.0. The largest absolute Gasteiger partial charge is 0.508 e. The van der Waals surface area contributed by atoms with Gasteiger partial charge in [-0.1, -0.05) is 6.07 Å². The highest BCUT2D eigenvalue weighted by Gasteiger charge is 2.41. The maximum Gasteiger partial charge on any atom is 0.293 e. The number of nitrogens with zero attached hydrogens (tertiary/aromatic N) is 1. The highest BCUT2D eigenvalue weighted by Crippen LogP contribution is 2.33. The number of imide groups is 1. The second kappa shape index (κ2) is 6.94. The van der Waals surface area contributed by atoms with Gasteiger partial charge in [0.1, 0.15) is 16.8 Å². The van der Waals surface area contributed by atoms with Crippen molar-refractivity contribution in [1.29, 1.82) is 0 Å². The molecule has 25 heavy (non-hydrogen) atoms. The molecule has 1 saturated heterocycles. The molecule has 0 radical (unpaired) electrons. The van der Waals surface area contributed by atoms with Crippen LogP contribution < -0.4 is 10.2 Å². The van der Waals surface area contributed by atoms with Crippen LogP contribution in [0.2, 0.25) is 0 Å². The monoisotopic (exact) mass is 360 g/mol. The first-order valence-corrected chi connectivity index (χ1v) is 8.21. The number of phenolic OH excluding ortho intramolecular Hbond substituents is 1. The molecule has 1 unspecified atom stereocenters. The van der Waals surface area contributed by atoms with Crippen molar-refractivity contribution in [3.05, 3.63) is 54.3 Å². The average Bonchev–Trinajstić information content (AvgIpc) is 2.82. The van der Waals surface area contributed by atoms with Gasteiger partial charge in [0.15, 0.2) is 0 Å². The summed E-state index contributed by atoms with van der Waals surface area (Å²) in [5.74, 6) is -1.45. The van der Waals surface area contributed by atoms with Crippen molar-refractivity contribution < 1.29 is 23.9 Å². The molecule has 2 N–H and O–H groups in total. The normalized spacial score (nSPS) is 17.0. The summed E-state index contributed by atoms with van der Waals surface area (Å²) in [6.45, 7) is 0. The van der Waals surface area contributed by atoms with E-state index in [-0.39, 0.29) is 17.9 Å². The molecule has 0 bridgehead atoms. The van der Waals surface area contributed by atoms with Gasteiger partial charge in [0.25, 0.3) is 5.24 Å². The molecule has 2 aromatic rings. The van der Waals surface area contributed by atoms with E-state index in [1.165, 1.54) is 24.3 Å². The van der Waals surface area contributed by atoms with Crippen molar-refractivity contribution in [3.63, 3.8) is 0 Å². The Hall–Kier alpha value is -2.87. The lowest BCUT2D eigenvalue weighted by molar-refractivity contribution is -0.121. The molecule has 1 heterocycles. The van der Waals surface area contributed by atoms with Crippen molar-refractivity contribution in [2.75, 3.05) is 10.2 Å². The summed E-state index contributed by atoms with van der Waals surface area (Å²) >= 11 is 0.756. The lowest BCUT2D eigenvalue weighted by Gasteiger charge is -2.13. The Morgan fingerprint density at radius 2 is 1.92 bits per heavy atom. The quantitative estimate of drug-likeness (QED) is 0.875. The van der Waals surface area contributed by atoms with Gasteiger partial charge in [0, 0.05) is 18.2 Å². The molecule has 1 atom stereocenters. The summed E-state index contributed by atoms with van der Waals surface area (Å²) in [4.78, 5) is 37.5. The van der Waals surface area contributed by atoms with Gasteiger partial charge in [-0.3, -0.25) is 14.4 Å². The number of carbonyl (C=O) groups is 3. The molecule has 1 aliphatic rings. The van der Waals surface area contributed by atoms with Gasteiger partial charge in [-0.2, -0.15) is 0 Å². The molecular formula is C17H13FN2O4S. The highest BCUT2D eigenvalue weighted by atomic mass is 32.2. The van der Waals surface area contributed by atoms with E-state index in [1.54, 1.807) is 12.1 Å². The van der Waals surface area contributed by atoms with Gasteiger partial charge in [-0.25, -0.2) is 9.29 Å². The topological polar surface area (TPSA) is 86.7 Å². The molecule has 3 amide bonds. The van der Waals surface area contributed by atoms with E-state index >= 15 is 0 Å². The van der Waals surface area contributed by atoms with Crippen LogP contribution >= 0.6 is 11.8 Å². The third-order valence-electron chi connectivity index (χ3n) is 3.51. The fourth-order valence-electron chi connectivity index (χ4n) is 2.37. The number of thioether (sulfide) groups is 1. The molecule has 3 rings (SSSR count). The minimum absolute atomic E-state index is 0.00165. The minimum atomic E-state index is -0.852. The molecule has 0 spiro atoms. The third-order valence-corrected chi connectivity index (χ3v) is 4.54. The third kappa shape index (κ3) is 3.80. The summed E-state index contributed by atoms with van der Waals surface area (Å²) in [6.07, 6.45) is -0.192. The number of anilines is 2. The maximum absolute atomic E-state index is 13.0. The van der Waals surface area contributed by atoms with Crippen LogP contribution in [-0.4, -0.2) is 27.4 Å². The van der Waals surface area contributed by atoms with Crippen LogP contribution in [0.25, 0.3) is 0 Å². The van der Waals surface area contributed by atoms with E-state index < -0.39 is 28.1 Å². The Balaban J connectivity index is 1.67. The Morgan fingerprint density at radius 3 is 2.60 bits per heavy atom. The maximum atomic E-state index is 13.0. The fourth-order valence-corrected chi connectivity index (χ4v) is 3.36. The second-order valence-electron chi connectivity index (χ2n) is 5.33. The zero-order chi connectivity index (χ0) is 18.0. The summed E-state index contributed by atoms with van der Waals surface area (Å²) in [6, 6.07) is 11.0. The summed E-state index contributed by atoms with van der Waals surface area (Å²) in [7, 11) is 0. The van der Waals surface area contributed by atoms with E-state index in [0.29, 0.717) is 5.69 Å². The van der Waals surface area contributed by atoms with Gasteiger partial charge < -0.3 is 10.4 Å². The van der Waals surface area contributed by atoms with Crippen molar-refractivity contribution >= 4 is 40.2 Å². The van der Waals surface area contributed by atoms with Gasteiger partial charge in [0.2, 0.25) is 11.8 Å². The van der Waals surface area contributed by atoms with Crippen LogP contribution in [-0.2, 0) is 9.59 Å². The number of hydrogen-bond acceptors (Lipinski definition) is 5. The highest BCUT2D eigenvalue weighted by molar-refractivity contribution is 8.15. The molecule has 8 heteroatoms. The molecule has 0 aliphatic carbocycles. The lowest BCUT2D eigenvalue weighted by Crippen LogP contribution is -2.32. The molecule has 1 fully saturated rings. The number of phenols is 1. The van der Waals surface area contributed by atoms with Gasteiger partial charge in [-0.15, -0.1) is 0 Å². The van der Waals surface area contributed by atoms with E-state index in [9.17, 15) is 23.9 Å². The van der Waals surface area contributed by atoms with Gasteiger partial charge in [-0.05, 0) is 48.2 Å². The van der Waals surface area contributed by atoms with Gasteiger partial charge in [0.05, 0.1) is 5.69 Å². The van der Waals surface area contributed by atoms with Crippen LogP contribution in [0.4, 0.5) is 20.6 Å². The zero-order valence-electron chi connectivity index (χ0n) is 12.8. The Labute approximate surface area is 146 Å². The fraction of sp³-hybridized carbons (Fsp3) is 0.118. The number of nitrogens with one attached hydrogen (secondary N) is 1. The Morgan fingerprint density at radius 1 is 1.20 bits per heavy atom. The number of rotatable bonds is 4. The predicted molar refractivity (Wildman–Crippen MR) is 92.0 cm³/mol. The minimum Gasteiger partial charge on any atom is -0.508 e. The molecular weight excluding hydrogens is 347 g/mol. The molecule has 2 aromatic carbocycles. The van der Waals surface area contributed by atoms with Crippen LogP contribution in [0.3, 0.4) is 0 Å². The summed E-state index contributed by atoms with van der Waals surface area (Å²) in [5, 5.41) is 10.6. The number of carbonyl (C=O) groups excluding carboxylic acids is 3. The van der Waals surface area contributed by atoms with Crippen LogP contribution in [0.15, 0.2) is 48.5 Å². The van der Waals surface area contributed by atoms with Crippen molar-refractivity contribution in [3.8, 4) is 5.75 Å². The number of amides is 3. The van der Waals surface area contributed by atoms with Crippen LogP contribution in [0.1, 0.15) is 6.42 Å². The van der Waals surface area contributed by atoms with E-state index in [0.717, 1.165) is 28.8 Å². The van der Waals surface area contributed by atoms with Crippen LogP contribution in [0.5, 0.6) is 5.75 Å².